The molecule has 1 unspecified atom stereocenters. The van der Waals surface area contributed by atoms with Crippen LogP contribution in [0.5, 0.6) is 5.75 Å². The lowest BCUT2D eigenvalue weighted by molar-refractivity contribution is -0.483. The van der Waals surface area contributed by atoms with Gasteiger partial charge >= 0.3 is 0 Å². The average Bonchev–Trinajstić information content (AvgIpc) is 3.00. The zero-order valence-electron chi connectivity index (χ0n) is 11.5. The van der Waals surface area contributed by atoms with Crippen molar-refractivity contribution in [2.45, 2.75) is 12.3 Å². The van der Waals surface area contributed by atoms with E-state index in [9.17, 15) is 14.9 Å². The van der Waals surface area contributed by atoms with Gasteiger partial charge in [0, 0.05) is 16.9 Å². The van der Waals surface area contributed by atoms with Crippen molar-refractivity contribution in [1.29, 1.82) is 0 Å². The lowest BCUT2D eigenvalue weighted by Crippen LogP contribution is -2.16. The molecule has 0 spiro atoms. The van der Waals surface area contributed by atoms with Crippen molar-refractivity contribution >= 4 is 5.78 Å². The molecule has 0 saturated heterocycles. The average molecular weight is 289 g/mol. The Kier molecular flexibility index (Phi) is 4.71. The van der Waals surface area contributed by atoms with Crippen LogP contribution in [0.15, 0.2) is 47.1 Å². The second kappa shape index (κ2) is 6.69. The number of ketones is 1. The van der Waals surface area contributed by atoms with Gasteiger partial charge in [0.15, 0.2) is 5.78 Å². The Bertz CT molecular complexity index is 604. The second-order valence-electron chi connectivity index (χ2n) is 4.58. The quantitative estimate of drug-likeness (QED) is 0.444. The molecular formula is C15H15NO5. The molecule has 2 aromatic rings. The van der Waals surface area contributed by atoms with Gasteiger partial charge < -0.3 is 9.15 Å². The lowest BCUT2D eigenvalue weighted by Gasteiger charge is -2.09. The molecule has 0 bridgehead atoms. The number of nitro groups is 1. The van der Waals surface area contributed by atoms with Crippen LogP contribution in [-0.2, 0) is 0 Å². The van der Waals surface area contributed by atoms with Gasteiger partial charge in [-0.1, -0.05) is 0 Å². The van der Waals surface area contributed by atoms with Gasteiger partial charge in [-0.05, 0) is 36.4 Å². The Labute approximate surface area is 121 Å². The summed E-state index contributed by atoms with van der Waals surface area (Å²) in [6, 6.07) is 9.96. The molecule has 0 amide bonds. The van der Waals surface area contributed by atoms with Gasteiger partial charge in [-0.15, -0.1) is 0 Å². The third kappa shape index (κ3) is 3.92. The van der Waals surface area contributed by atoms with Crippen LogP contribution in [0, 0.1) is 10.1 Å². The number of hydrogen-bond acceptors (Lipinski definition) is 5. The molecule has 0 saturated carbocycles. The van der Waals surface area contributed by atoms with E-state index in [2.05, 4.69) is 0 Å². The molecular weight excluding hydrogens is 274 g/mol. The summed E-state index contributed by atoms with van der Waals surface area (Å²) < 4.78 is 10.2. The van der Waals surface area contributed by atoms with E-state index in [0.717, 1.165) is 0 Å². The highest BCUT2D eigenvalue weighted by molar-refractivity contribution is 5.96. The monoisotopic (exact) mass is 289 g/mol. The van der Waals surface area contributed by atoms with Crippen LogP contribution in [0.3, 0.4) is 0 Å². The molecule has 0 fully saturated rings. The van der Waals surface area contributed by atoms with Crippen LogP contribution in [0.25, 0.3) is 0 Å². The first-order valence-corrected chi connectivity index (χ1v) is 6.42. The molecule has 1 aromatic heterocycles. The maximum Gasteiger partial charge on any atom is 0.214 e. The molecule has 110 valence electrons. The molecule has 6 nitrogen and oxygen atoms in total. The fraction of sp³-hybridized carbons (Fsp3) is 0.267. The minimum atomic E-state index is -0.565. The smallest absolute Gasteiger partial charge is 0.214 e. The molecule has 1 atom stereocenters. The summed E-state index contributed by atoms with van der Waals surface area (Å²) in [5.74, 6) is 0.374. The third-order valence-corrected chi connectivity index (χ3v) is 3.16. The number of ether oxygens (including phenoxy) is 1. The van der Waals surface area contributed by atoms with Crippen LogP contribution in [0.1, 0.15) is 28.5 Å². The van der Waals surface area contributed by atoms with E-state index in [4.69, 9.17) is 9.15 Å². The van der Waals surface area contributed by atoms with Gasteiger partial charge in [0.1, 0.15) is 11.5 Å². The summed E-state index contributed by atoms with van der Waals surface area (Å²) in [5.41, 5.74) is 0.496. The summed E-state index contributed by atoms with van der Waals surface area (Å²) in [5, 5.41) is 10.7. The lowest BCUT2D eigenvalue weighted by atomic mass is 9.96. The highest BCUT2D eigenvalue weighted by atomic mass is 16.6. The standard InChI is InChI=1S/C15H15NO5/c1-20-13-6-4-11(5-7-13)14(17)9-12(10-16(18)19)15-3-2-8-21-15/h2-8,12H,9-10H2,1H3. The number of Topliss-reactive ketones (excluding diaryl/α,β-unsaturated/α-hetero) is 1. The Hall–Kier alpha value is -2.63. The van der Waals surface area contributed by atoms with Crippen molar-refractivity contribution in [3.05, 3.63) is 64.1 Å². The van der Waals surface area contributed by atoms with Gasteiger partial charge in [0.2, 0.25) is 6.54 Å². The van der Waals surface area contributed by atoms with Crippen molar-refractivity contribution in [2.24, 2.45) is 0 Å². The predicted octanol–water partition coefficient (Wildman–Crippen LogP) is 2.92. The summed E-state index contributed by atoms with van der Waals surface area (Å²) in [4.78, 5) is 22.5. The first-order valence-electron chi connectivity index (χ1n) is 6.42. The molecule has 0 radical (unpaired) electrons. The molecule has 1 heterocycles. The van der Waals surface area contributed by atoms with Crippen LogP contribution in [-0.4, -0.2) is 24.4 Å². The Morgan fingerprint density at radius 2 is 2.05 bits per heavy atom. The van der Waals surface area contributed by atoms with Crippen LogP contribution < -0.4 is 4.74 Å². The molecule has 6 heteroatoms. The predicted molar refractivity (Wildman–Crippen MR) is 75.3 cm³/mol. The fourth-order valence-corrected chi connectivity index (χ4v) is 2.08. The Morgan fingerprint density at radius 1 is 1.33 bits per heavy atom. The normalized spacial score (nSPS) is 11.9. The van der Waals surface area contributed by atoms with Crippen molar-refractivity contribution in [2.75, 3.05) is 13.7 Å². The molecule has 0 aliphatic heterocycles. The SMILES string of the molecule is COc1ccc(C(=O)CC(C[N+](=O)[O-])c2ccco2)cc1. The maximum absolute atomic E-state index is 12.2. The van der Waals surface area contributed by atoms with Crippen LogP contribution in [0.4, 0.5) is 0 Å². The van der Waals surface area contributed by atoms with E-state index >= 15 is 0 Å². The van der Waals surface area contributed by atoms with Gasteiger partial charge in [-0.3, -0.25) is 14.9 Å². The fourth-order valence-electron chi connectivity index (χ4n) is 2.08. The Balaban J connectivity index is 2.11. The van der Waals surface area contributed by atoms with Gasteiger partial charge in [-0.2, -0.15) is 0 Å². The van der Waals surface area contributed by atoms with Crippen LogP contribution >= 0.6 is 0 Å². The number of furan rings is 1. The Morgan fingerprint density at radius 3 is 2.57 bits per heavy atom. The largest absolute Gasteiger partial charge is 0.497 e. The zero-order chi connectivity index (χ0) is 15.2. The number of hydrogen-bond donors (Lipinski definition) is 0. The number of methoxy groups -OCH3 is 1. The van der Waals surface area contributed by atoms with Gasteiger partial charge in [-0.25, -0.2) is 0 Å². The summed E-state index contributed by atoms with van der Waals surface area (Å²) in [7, 11) is 1.54. The molecule has 0 aliphatic carbocycles. The molecule has 1 aromatic carbocycles. The topological polar surface area (TPSA) is 82.6 Å². The highest BCUT2D eigenvalue weighted by Gasteiger charge is 2.24. The highest BCUT2D eigenvalue weighted by Crippen LogP contribution is 2.23. The molecule has 2 rings (SSSR count). The summed E-state index contributed by atoms with van der Waals surface area (Å²) in [6.07, 6.45) is 1.47. The van der Waals surface area contributed by atoms with Gasteiger partial charge in [0.05, 0.1) is 19.3 Å². The molecule has 0 aliphatic rings. The van der Waals surface area contributed by atoms with E-state index in [1.165, 1.54) is 6.26 Å². The summed E-state index contributed by atoms with van der Waals surface area (Å²) in [6.45, 7) is -0.338. The molecule has 21 heavy (non-hydrogen) atoms. The number of benzene rings is 1. The van der Waals surface area contributed by atoms with Crippen molar-refractivity contribution in [3.63, 3.8) is 0 Å². The number of rotatable bonds is 7. The number of carbonyl (C=O) groups is 1. The minimum Gasteiger partial charge on any atom is -0.497 e. The van der Waals surface area contributed by atoms with E-state index in [0.29, 0.717) is 17.1 Å². The van der Waals surface area contributed by atoms with E-state index in [1.807, 2.05) is 0 Å². The van der Waals surface area contributed by atoms with Gasteiger partial charge in [0.25, 0.3) is 0 Å². The molecule has 0 N–H and O–H groups in total. The first kappa shape index (κ1) is 14.8. The minimum absolute atomic E-state index is 0.0286. The van der Waals surface area contributed by atoms with E-state index in [-0.39, 0.29) is 18.7 Å². The number of nitrogens with zero attached hydrogens (tertiary/aromatic N) is 1. The van der Waals surface area contributed by atoms with E-state index in [1.54, 1.807) is 43.5 Å². The first-order chi connectivity index (χ1) is 10.1. The van der Waals surface area contributed by atoms with E-state index < -0.39 is 10.8 Å². The number of carbonyl (C=O) groups excluding carboxylic acids is 1. The van der Waals surface area contributed by atoms with Crippen molar-refractivity contribution in [1.82, 2.24) is 0 Å². The van der Waals surface area contributed by atoms with Crippen molar-refractivity contribution < 1.29 is 18.9 Å². The second-order valence-corrected chi connectivity index (χ2v) is 4.58. The maximum atomic E-state index is 12.2. The summed E-state index contributed by atoms with van der Waals surface area (Å²) >= 11 is 0. The zero-order valence-corrected chi connectivity index (χ0v) is 11.5. The third-order valence-electron chi connectivity index (χ3n) is 3.16. The van der Waals surface area contributed by atoms with Crippen LogP contribution in [0.2, 0.25) is 0 Å². The van der Waals surface area contributed by atoms with Crippen molar-refractivity contribution in [3.8, 4) is 5.75 Å².